The molecule has 1 aliphatic carbocycles. The zero-order chi connectivity index (χ0) is 18.5. The van der Waals surface area contributed by atoms with Gasteiger partial charge in [0.2, 0.25) is 0 Å². The molecular formula is C23H32FNO2. The zero-order valence-corrected chi connectivity index (χ0v) is 15.3. The van der Waals surface area contributed by atoms with Crippen molar-refractivity contribution in [2.24, 2.45) is 11.8 Å². The van der Waals surface area contributed by atoms with Gasteiger partial charge in [-0.05, 0) is 49.3 Å². The zero-order valence-electron chi connectivity index (χ0n) is 15.3. The quantitative estimate of drug-likeness (QED) is 0.817. The molecule has 1 heterocycles. The van der Waals surface area contributed by atoms with Crippen LogP contribution >= 0.6 is 0 Å². The lowest BCUT2D eigenvalue weighted by atomic mass is 10.0. The third-order valence-corrected chi connectivity index (χ3v) is 5.42. The summed E-state index contributed by atoms with van der Waals surface area (Å²) in [7, 11) is 0. The maximum atomic E-state index is 13.2. The summed E-state index contributed by atoms with van der Waals surface area (Å²) in [5.41, 5.74) is 2.14. The van der Waals surface area contributed by atoms with Gasteiger partial charge in [-0.1, -0.05) is 55.5 Å². The molecule has 148 valence electrons. The van der Waals surface area contributed by atoms with Crippen LogP contribution in [0.5, 0.6) is 5.75 Å². The van der Waals surface area contributed by atoms with Gasteiger partial charge < -0.3 is 10.2 Å². The maximum absolute atomic E-state index is 13.2. The molecule has 2 aliphatic rings. The molecule has 0 bridgehead atoms. The third-order valence-electron chi connectivity index (χ3n) is 5.42. The highest BCUT2D eigenvalue weighted by atomic mass is 19.1. The number of alkyl halides is 1. The van der Waals surface area contributed by atoms with E-state index in [2.05, 4.69) is 24.0 Å². The van der Waals surface area contributed by atoms with Gasteiger partial charge in [-0.25, -0.2) is 4.39 Å². The molecule has 1 aliphatic heterocycles. The van der Waals surface area contributed by atoms with Crippen LogP contribution in [0, 0.1) is 18.8 Å². The molecule has 2 aromatic rings. The molecule has 4 heteroatoms. The van der Waals surface area contributed by atoms with Gasteiger partial charge in [-0.3, -0.25) is 4.90 Å². The van der Waals surface area contributed by atoms with Crippen LogP contribution in [-0.2, 0) is 0 Å². The minimum Gasteiger partial charge on any atom is -0.508 e. The minimum absolute atomic E-state index is 0. The third kappa shape index (κ3) is 6.05. The molecule has 27 heavy (non-hydrogen) atoms. The number of likely N-dealkylation sites (tertiary alicyclic amines) is 1. The van der Waals surface area contributed by atoms with Crippen molar-refractivity contribution in [1.29, 1.82) is 0 Å². The van der Waals surface area contributed by atoms with Crippen molar-refractivity contribution in [3.05, 3.63) is 65.7 Å². The molecule has 3 nitrogen and oxygen atoms in total. The molecule has 0 amide bonds. The van der Waals surface area contributed by atoms with E-state index in [-0.39, 0.29) is 13.2 Å². The number of rotatable bonds is 3. The summed E-state index contributed by atoms with van der Waals surface area (Å²) in [6, 6.07) is 16.9. The summed E-state index contributed by atoms with van der Waals surface area (Å²) < 4.78 is 13.2. The summed E-state index contributed by atoms with van der Waals surface area (Å²) in [6.07, 6.45) is 0.229. The molecule has 2 fully saturated rings. The van der Waals surface area contributed by atoms with E-state index < -0.39 is 12.3 Å². The standard InChI is InChI=1S/C15H20FNO2.C7H8.CH4/c16-13-5-11-7-17(8-12(11)6-13)9-15(19)10-1-3-14(18)4-2-10;1-7-5-3-2-4-6-7;/h1-4,11-13,15,18-19H,5-9H2;2-6H,1H3;1H4. The molecule has 0 spiro atoms. The number of hydrogen-bond donors (Lipinski definition) is 2. The van der Waals surface area contributed by atoms with E-state index in [0.717, 1.165) is 18.7 Å². The first kappa shape index (κ1) is 21.4. The van der Waals surface area contributed by atoms with Crippen molar-refractivity contribution in [3.8, 4) is 5.75 Å². The number of halogens is 1. The topological polar surface area (TPSA) is 43.7 Å². The fourth-order valence-electron chi connectivity index (χ4n) is 4.05. The van der Waals surface area contributed by atoms with E-state index >= 15 is 0 Å². The number of phenols is 1. The molecule has 2 aromatic carbocycles. The number of fused-ring (bicyclic) bond motifs is 1. The van der Waals surface area contributed by atoms with Crippen LogP contribution in [0.1, 0.15) is 37.5 Å². The predicted octanol–water partition coefficient (Wildman–Crippen LogP) is 4.74. The SMILES string of the molecule is C.Cc1ccccc1.Oc1ccc(C(O)CN2CC3CC(F)CC3C2)cc1. The van der Waals surface area contributed by atoms with Gasteiger partial charge >= 0.3 is 0 Å². The van der Waals surface area contributed by atoms with Crippen molar-refractivity contribution in [1.82, 2.24) is 4.90 Å². The molecule has 1 saturated carbocycles. The maximum Gasteiger partial charge on any atom is 0.115 e. The van der Waals surface area contributed by atoms with Gasteiger partial charge in [0.15, 0.2) is 0 Å². The smallest absolute Gasteiger partial charge is 0.115 e. The summed E-state index contributed by atoms with van der Waals surface area (Å²) in [5.74, 6) is 1.16. The fraction of sp³-hybridized carbons (Fsp3) is 0.478. The number of aliphatic hydroxyl groups is 1. The van der Waals surface area contributed by atoms with Crippen molar-refractivity contribution in [2.45, 2.75) is 39.5 Å². The van der Waals surface area contributed by atoms with Crippen molar-refractivity contribution >= 4 is 0 Å². The second kappa shape index (κ2) is 9.86. The van der Waals surface area contributed by atoms with Gasteiger partial charge in [0.05, 0.1) is 6.10 Å². The average Bonchev–Trinajstić information content (AvgIpc) is 3.13. The lowest BCUT2D eigenvalue weighted by Gasteiger charge is -2.21. The Hall–Kier alpha value is -1.91. The van der Waals surface area contributed by atoms with Crippen LogP contribution in [0.15, 0.2) is 54.6 Å². The van der Waals surface area contributed by atoms with Crippen LogP contribution in [0.3, 0.4) is 0 Å². The first-order valence-corrected chi connectivity index (χ1v) is 9.36. The highest BCUT2D eigenvalue weighted by Gasteiger charge is 2.41. The van der Waals surface area contributed by atoms with E-state index in [4.69, 9.17) is 0 Å². The molecule has 1 saturated heterocycles. The lowest BCUT2D eigenvalue weighted by Crippen LogP contribution is -2.27. The largest absolute Gasteiger partial charge is 0.508 e. The second-order valence-corrected chi connectivity index (χ2v) is 7.57. The van der Waals surface area contributed by atoms with E-state index in [0.29, 0.717) is 31.2 Å². The number of β-amino-alcohol motifs (C(OH)–C–C–N with tert-alkyl or cyclic N) is 1. The Morgan fingerprint density at radius 1 is 1.00 bits per heavy atom. The first-order chi connectivity index (χ1) is 12.5. The van der Waals surface area contributed by atoms with Crippen LogP contribution in [0.25, 0.3) is 0 Å². The summed E-state index contributed by atoms with van der Waals surface area (Å²) in [6.45, 7) is 4.48. The van der Waals surface area contributed by atoms with Crippen LogP contribution in [-0.4, -0.2) is 40.9 Å². The van der Waals surface area contributed by atoms with Crippen LogP contribution < -0.4 is 0 Å². The highest BCUT2D eigenvalue weighted by molar-refractivity contribution is 5.27. The van der Waals surface area contributed by atoms with Crippen molar-refractivity contribution in [3.63, 3.8) is 0 Å². The normalized spacial score (nSPS) is 25.1. The van der Waals surface area contributed by atoms with Gasteiger partial charge in [0, 0.05) is 19.6 Å². The van der Waals surface area contributed by atoms with Gasteiger partial charge in [-0.15, -0.1) is 0 Å². The Bertz CT molecular complexity index is 663. The average molecular weight is 374 g/mol. The molecule has 2 N–H and O–H groups in total. The summed E-state index contributed by atoms with van der Waals surface area (Å²) >= 11 is 0. The number of aryl methyl sites for hydroxylation is 1. The second-order valence-electron chi connectivity index (χ2n) is 7.57. The number of aromatic hydroxyl groups is 1. The summed E-state index contributed by atoms with van der Waals surface area (Å²) in [4.78, 5) is 2.23. The summed E-state index contributed by atoms with van der Waals surface area (Å²) in [5, 5.41) is 19.4. The number of nitrogens with zero attached hydrogens (tertiary/aromatic N) is 1. The van der Waals surface area contributed by atoms with Crippen molar-refractivity contribution in [2.75, 3.05) is 19.6 Å². The number of benzene rings is 2. The van der Waals surface area contributed by atoms with Gasteiger partial charge in [-0.2, -0.15) is 0 Å². The van der Waals surface area contributed by atoms with E-state index in [1.165, 1.54) is 5.56 Å². The Kier molecular flexibility index (Phi) is 7.81. The molecule has 0 radical (unpaired) electrons. The van der Waals surface area contributed by atoms with Crippen LogP contribution in [0.4, 0.5) is 4.39 Å². The van der Waals surface area contributed by atoms with E-state index in [9.17, 15) is 14.6 Å². The monoisotopic (exact) mass is 373 g/mol. The first-order valence-electron chi connectivity index (χ1n) is 9.36. The highest BCUT2D eigenvalue weighted by Crippen LogP contribution is 2.39. The number of hydrogen-bond acceptors (Lipinski definition) is 3. The molecule has 0 aromatic heterocycles. The number of aliphatic hydroxyl groups excluding tert-OH is 1. The molecule has 4 rings (SSSR count). The number of phenolic OH excluding ortho intramolecular Hbond substituents is 1. The van der Waals surface area contributed by atoms with Crippen molar-refractivity contribution < 1.29 is 14.6 Å². The Morgan fingerprint density at radius 2 is 1.56 bits per heavy atom. The fourth-order valence-corrected chi connectivity index (χ4v) is 4.05. The van der Waals surface area contributed by atoms with Gasteiger partial charge in [0.25, 0.3) is 0 Å². The Balaban J connectivity index is 0.000000278. The molecule has 3 unspecified atom stereocenters. The predicted molar refractivity (Wildman–Crippen MR) is 109 cm³/mol. The lowest BCUT2D eigenvalue weighted by molar-refractivity contribution is 0.119. The van der Waals surface area contributed by atoms with Crippen LogP contribution in [0.2, 0.25) is 0 Å². The van der Waals surface area contributed by atoms with E-state index in [1.54, 1.807) is 24.3 Å². The minimum atomic E-state index is -0.612. The Labute approximate surface area is 162 Å². The molecule has 3 atom stereocenters. The Morgan fingerprint density at radius 3 is 2.04 bits per heavy atom. The molecular weight excluding hydrogens is 341 g/mol. The van der Waals surface area contributed by atoms with E-state index in [1.807, 2.05) is 18.2 Å². The van der Waals surface area contributed by atoms with Gasteiger partial charge in [0.1, 0.15) is 11.9 Å².